The molecule has 5 rings (SSSR count). The third-order valence-corrected chi connectivity index (χ3v) is 6.67. The number of thioether (sulfide) groups is 1. The van der Waals surface area contributed by atoms with Crippen molar-refractivity contribution in [1.82, 2.24) is 19.2 Å². The molecule has 0 unspecified atom stereocenters. The van der Waals surface area contributed by atoms with Crippen LogP contribution >= 0.6 is 11.8 Å². The van der Waals surface area contributed by atoms with Gasteiger partial charge in [-0.15, -0.1) is 10.2 Å². The Hall–Kier alpha value is -3.85. The van der Waals surface area contributed by atoms with Crippen LogP contribution < -0.4 is 5.56 Å². The summed E-state index contributed by atoms with van der Waals surface area (Å²) in [6.07, 6.45) is 0. The molecule has 0 fully saturated rings. The first-order valence-electron chi connectivity index (χ1n) is 10.7. The van der Waals surface area contributed by atoms with Crippen LogP contribution in [0.1, 0.15) is 33.0 Å². The number of aromatic nitrogens is 4. The van der Waals surface area contributed by atoms with Gasteiger partial charge in [0, 0.05) is 0 Å². The average molecular weight is 475 g/mol. The van der Waals surface area contributed by atoms with Crippen LogP contribution in [0.5, 0.6) is 0 Å². The number of esters is 1. The van der Waals surface area contributed by atoms with Gasteiger partial charge in [-0.2, -0.15) is 0 Å². The summed E-state index contributed by atoms with van der Waals surface area (Å²) in [5.74, 6) is 1.55. The normalized spacial score (nSPS) is 11.4. The molecule has 0 amide bonds. The Balaban J connectivity index is 1.66. The van der Waals surface area contributed by atoms with E-state index in [1.165, 1.54) is 18.9 Å². The molecule has 172 valence electrons. The van der Waals surface area contributed by atoms with Gasteiger partial charge < -0.3 is 9.15 Å². The lowest BCUT2D eigenvalue weighted by atomic mass is 10.1. The van der Waals surface area contributed by atoms with Crippen LogP contribution in [0.3, 0.4) is 0 Å². The first-order chi connectivity index (χ1) is 16.4. The molecule has 34 heavy (non-hydrogen) atoms. The zero-order valence-electron chi connectivity index (χ0n) is 19.2. The van der Waals surface area contributed by atoms with Gasteiger partial charge in [-0.3, -0.25) is 9.20 Å². The monoisotopic (exact) mass is 474 g/mol. The number of hydrogen-bond donors (Lipinski definition) is 0. The Kier molecular flexibility index (Phi) is 5.49. The fraction of sp³-hybridized carbons (Fsp3) is 0.200. The molecule has 3 aromatic heterocycles. The zero-order chi connectivity index (χ0) is 24.0. The van der Waals surface area contributed by atoms with Gasteiger partial charge in [0.2, 0.25) is 5.78 Å². The second kappa shape index (κ2) is 8.49. The summed E-state index contributed by atoms with van der Waals surface area (Å²) in [5, 5.41) is 9.99. The fourth-order valence-corrected chi connectivity index (χ4v) is 4.83. The second-order valence-electron chi connectivity index (χ2n) is 8.03. The van der Waals surface area contributed by atoms with Crippen molar-refractivity contribution in [2.45, 2.75) is 31.7 Å². The van der Waals surface area contributed by atoms with Crippen LogP contribution in [0, 0.1) is 20.8 Å². The average Bonchev–Trinajstić information content (AvgIpc) is 3.43. The number of methoxy groups -OCH3 is 1. The summed E-state index contributed by atoms with van der Waals surface area (Å²) in [5.41, 5.74) is 3.76. The predicted octanol–water partition coefficient (Wildman–Crippen LogP) is 4.63. The number of aryl methyl sites for hydroxylation is 3. The van der Waals surface area contributed by atoms with Gasteiger partial charge in [0.15, 0.2) is 5.16 Å². The van der Waals surface area contributed by atoms with Crippen LogP contribution in [-0.4, -0.2) is 32.2 Å². The summed E-state index contributed by atoms with van der Waals surface area (Å²) in [7, 11) is 1.34. The van der Waals surface area contributed by atoms with Crippen molar-refractivity contribution < 1.29 is 13.9 Å². The molecular formula is C25H22N4O4S. The van der Waals surface area contributed by atoms with E-state index in [0.717, 1.165) is 22.3 Å². The van der Waals surface area contributed by atoms with E-state index in [-0.39, 0.29) is 5.56 Å². The SMILES string of the molecule is COC(=O)c1cc(CSc2nnc3n(-c4cc(C)ccc4C)c(=O)c4ccccc4n23)oc1C. The van der Waals surface area contributed by atoms with Gasteiger partial charge in [0.25, 0.3) is 5.56 Å². The molecule has 0 spiro atoms. The van der Waals surface area contributed by atoms with Gasteiger partial charge in [-0.1, -0.05) is 36.0 Å². The topological polar surface area (TPSA) is 91.6 Å². The second-order valence-corrected chi connectivity index (χ2v) is 8.97. The lowest BCUT2D eigenvalue weighted by Gasteiger charge is -2.13. The van der Waals surface area contributed by atoms with Gasteiger partial charge in [0.1, 0.15) is 17.1 Å². The van der Waals surface area contributed by atoms with E-state index in [1.54, 1.807) is 17.6 Å². The fourth-order valence-electron chi connectivity index (χ4n) is 4.01. The van der Waals surface area contributed by atoms with E-state index < -0.39 is 5.97 Å². The number of furan rings is 1. The summed E-state index contributed by atoms with van der Waals surface area (Å²) in [6, 6.07) is 15.1. The number of carbonyl (C=O) groups is 1. The molecule has 0 atom stereocenters. The van der Waals surface area contributed by atoms with E-state index in [4.69, 9.17) is 9.15 Å². The third-order valence-electron chi connectivity index (χ3n) is 5.72. The van der Waals surface area contributed by atoms with Gasteiger partial charge in [-0.05, 0) is 56.2 Å². The lowest BCUT2D eigenvalue weighted by molar-refractivity contribution is 0.0599. The first-order valence-corrected chi connectivity index (χ1v) is 11.6. The van der Waals surface area contributed by atoms with E-state index in [2.05, 4.69) is 10.2 Å². The quantitative estimate of drug-likeness (QED) is 0.271. The van der Waals surface area contributed by atoms with Crippen molar-refractivity contribution in [3.8, 4) is 5.69 Å². The highest BCUT2D eigenvalue weighted by Crippen LogP contribution is 2.28. The molecule has 5 aromatic rings. The van der Waals surface area contributed by atoms with Gasteiger partial charge >= 0.3 is 5.97 Å². The largest absolute Gasteiger partial charge is 0.465 e. The van der Waals surface area contributed by atoms with Crippen molar-refractivity contribution in [3.63, 3.8) is 0 Å². The molecule has 0 N–H and O–H groups in total. The molecule has 0 aliphatic rings. The van der Waals surface area contributed by atoms with E-state index in [1.807, 2.05) is 60.7 Å². The Bertz CT molecular complexity index is 1630. The highest BCUT2D eigenvalue weighted by molar-refractivity contribution is 7.98. The van der Waals surface area contributed by atoms with E-state index >= 15 is 0 Å². The minimum atomic E-state index is -0.436. The number of carbonyl (C=O) groups excluding carboxylic acids is 1. The van der Waals surface area contributed by atoms with Crippen LogP contribution in [-0.2, 0) is 10.5 Å². The molecule has 0 radical (unpaired) electrons. The van der Waals surface area contributed by atoms with Crippen molar-refractivity contribution in [1.29, 1.82) is 0 Å². The van der Waals surface area contributed by atoms with E-state index in [0.29, 0.717) is 39.2 Å². The Morgan fingerprint density at radius 3 is 2.68 bits per heavy atom. The van der Waals surface area contributed by atoms with Crippen LogP contribution in [0.25, 0.3) is 22.4 Å². The van der Waals surface area contributed by atoms with Crippen molar-refractivity contribution in [2.24, 2.45) is 0 Å². The minimum Gasteiger partial charge on any atom is -0.465 e. The maximum atomic E-state index is 13.5. The Morgan fingerprint density at radius 2 is 1.88 bits per heavy atom. The molecule has 0 aliphatic carbocycles. The van der Waals surface area contributed by atoms with Crippen LogP contribution in [0.4, 0.5) is 0 Å². The minimum absolute atomic E-state index is 0.148. The number of hydrogen-bond acceptors (Lipinski definition) is 7. The van der Waals surface area contributed by atoms with Gasteiger partial charge in [-0.25, -0.2) is 9.36 Å². The third kappa shape index (κ3) is 3.58. The maximum absolute atomic E-state index is 13.5. The molecule has 2 aromatic carbocycles. The molecule has 0 saturated heterocycles. The smallest absolute Gasteiger partial charge is 0.341 e. The number of rotatable bonds is 5. The highest BCUT2D eigenvalue weighted by atomic mass is 32.2. The molecule has 0 bridgehead atoms. The first kappa shape index (κ1) is 22.0. The summed E-state index contributed by atoms with van der Waals surface area (Å²) in [6.45, 7) is 5.69. The number of fused-ring (bicyclic) bond motifs is 3. The summed E-state index contributed by atoms with van der Waals surface area (Å²) >= 11 is 1.41. The standard InChI is InChI=1S/C25H22N4O4S/c1-14-9-10-15(2)21(11-14)28-22(30)18-7-5-6-8-20(18)29-24(28)26-27-25(29)34-13-17-12-19(16(3)33-17)23(31)32-4/h5-12H,13H2,1-4H3. The lowest BCUT2D eigenvalue weighted by Crippen LogP contribution is -2.22. The Morgan fingerprint density at radius 1 is 1.09 bits per heavy atom. The molecule has 3 heterocycles. The molecule has 8 nitrogen and oxygen atoms in total. The van der Waals surface area contributed by atoms with Crippen molar-refractivity contribution >= 4 is 34.4 Å². The summed E-state index contributed by atoms with van der Waals surface area (Å²) < 4.78 is 14.1. The molecule has 0 saturated carbocycles. The molecule has 9 heteroatoms. The Labute approximate surface area is 199 Å². The molecule has 0 aliphatic heterocycles. The molecular weight excluding hydrogens is 452 g/mol. The van der Waals surface area contributed by atoms with Crippen LogP contribution in [0.2, 0.25) is 0 Å². The predicted molar refractivity (Wildman–Crippen MR) is 130 cm³/mol. The van der Waals surface area contributed by atoms with Crippen LogP contribution in [0.15, 0.2) is 62.9 Å². The number of ether oxygens (including phenoxy) is 1. The van der Waals surface area contributed by atoms with E-state index in [9.17, 15) is 9.59 Å². The zero-order valence-corrected chi connectivity index (χ0v) is 20.0. The number of para-hydroxylation sites is 1. The van der Waals surface area contributed by atoms with Gasteiger partial charge in [0.05, 0.1) is 29.5 Å². The maximum Gasteiger partial charge on any atom is 0.341 e. The number of benzene rings is 2. The van der Waals surface area contributed by atoms with Crippen molar-refractivity contribution in [3.05, 3.63) is 87.1 Å². The van der Waals surface area contributed by atoms with Crippen molar-refractivity contribution in [2.75, 3.05) is 7.11 Å². The summed E-state index contributed by atoms with van der Waals surface area (Å²) in [4.78, 5) is 25.5. The number of nitrogens with zero attached hydrogens (tertiary/aromatic N) is 4. The highest BCUT2D eigenvalue weighted by Gasteiger charge is 2.20.